The van der Waals surface area contributed by atoms with Crippen LogP contribution in [0.25, 0.3) is 0 Å². The summed E-state index contributed by atoms with van der Waals surface area (Å²) >= 11 is 0. The molecule has 2 bridgehead atoms. The topological polar surface area (TPSA) is 23.5 Å². The van der Waals surface area contributed by atoms with Crippen molar-refractivity contribution in [3.63, 3.8) is 0 Å². The Morgan fingerprint density at radius 2 is 2.00 bits per heavy atom. The van der Waals surface area contributed by atoms with Crippen LogP contribution >= 0.6 is 0 Å². The number of phenols is 1. The molecule has 1 aromatic rings. The second-order valence-electron chi connectivity index (χ2n) is 5.79. The Kier molecular flexibility index (Phi) is 2.44. The molecule has 2 heteroatoms. The summed E-state index contributed by atoms with van der Waals surface area (Å²) in [5, 5.41) is 9.43. The average Bonchev–Trinajstić information content (AvgIpc) is 2.53. The third-order valence-corrected chi connectivity index (χ3v) is 5.19. The van der Waals surface area contributed by atoms with Crippen molar-refractivity contribution in [3.05, 3.63) is 29.8 Å². The van der Waals surface area contributed by atoms with Crippen LogP contribution in [0.15, 0.2) is 24.3 Å². The number of likely N-dealkylation sites (tertiary alicyclic amines) is 1. The zero-order chi connectivity index (χ0) is 12.0. The molecular formula is C15H21NO. The summed E-state index contributed by atoms with van der Waals surface area (Å²) in [6.07, 6.45) is 5.26. The summed E-state index contributed by atoms with van der Waals surface area (Å²) < 4.78 is 0. The van der Waals surface area contributed by atoms with Crippen LogP contribution in [-0.2, 0) is 5.41 Å². The van der Waals surface area contributed by atoms with E-state index >= 15 is 0 Å². The molecule has 0 spiro atoms. The minimum Gasteiger partial charge on any atom is -0.508 e. The lowest BCUT2D eigenvalue weighted by Crippen LogP contribution is -2.38. The molecule has 3 rings (SSSR count). The van der Waals surface area contributed by atoms with Gasteiger partial charge in [-0.05, 0) is 50.9 Å². The summed E-state index contributed by atoms with van der Waals surface area (Å²) in [6.45, 7) is 2.36. The Hall–Kier alpha value is -1.02. The van der Waals surface area contributed by atoms with E-state index in [1.165, 1.54) is 31.2 Å². The van der Waals surface area contributed by atoms with Crippen molar-refractivity contribution in [2.45, 2.75) is 50.1 Å². The molecular weight excluding hydrogens is 210 g/mol. The maximum atomic E-state index is 9.43. The molecule has 1 saturated carbocycles. The number of hydrogen-bond acceptors (Lipinski definition) is 2. The molecule has 1 aliphatic carbocycles. The van der Waals surface area contributed by atoms with Gasteiger partial charge in [0.05, 0.1) is 0 Å². The van der Waals surface area contributed by atoms with Gasteiger partial charge in [0.15, 0.2) is 0 Å². The Labute approximate surface area is 103 Å². The van der Waals surface area contributed by atoms with E-state index in [4.69, 9.17) is 0 Å². The van der Waals surface area contributed by atoms with Crippen molar-refractivity contribution in [1.29, 1.82) is 0 Å². The predicted octanol–water partition coefficient (Wildman–Crippen LogP) is 2.91. The van der Waals surface area contributed by atoms with E-state index in [1.807, 2.05) is 12.1 Å². The molecule has 17 heavy (non-hydrogen) atoms. The molecule has 1 aromatic carbocycles. The lowest BCUT2D eigenvalue weighted by Gasteiger charge is -2.36. The second-order valence-corrected chi connectivity index (χ2v) is 5.79. The lowest BCUT2D eigenvalue weighted by atomic mass is 9.68. The van der Waals surface area contributed by atoms with Crippen molar-refractivity contribution in [1.82, 2.24) is 4.90 Å². The Morgan fingerprint density at radius 3 is 2.71 bits per heavy atom. The smallest absolute Gasteiger partial charge is 0.115 e. The molecule has 0 amide bonds. The van der Waals surface area contributed by atoms with E-state index in [0.717, 1.165) is 6.04 Å². The summed E-state index contributed by atoms with van der Waals surface area (Å²) in [5.41, 5.74) is 1.74. The maximum absolute atomic E-state index is 9.43. The SMILES string of the molecule is CC1N(C)C2CCCC1(c1ccc(O)cc1)C2. The predicted molar refractivity (Wildman–Crippen MR) is 69.3 cm³/mol. The largest absolute Gasteiger partial charge is 0.508 e. The zero-order valence-corrected chi connectivity index (χ0v) is 10.7. The van der Waals surface area contributed by atoms with Crippen molar-refractivity contribution in [2.24, 2.45) is 0 Å². The molecule has 1 aliphatic heterocycles. The number of fused-ring (bicyclic) bond motifs is 2. The average molecular weight is 231 g/mol. The molecule has 0 aromatic heterocycles. The van der Waals surface area contributed by atoms with Crippen LogP contribution in [0.3, 0.4) is 0 Å². The van der Waals surface area contributed by atoms with Gasteiger partial charge in [0.25, 0.3) is 0 Å². The standard InChI is InChI=1S/C15H21NO/c1-11-15(12-5-7-14(17)8-6-12)9-3-4-13(10-15)16(11)2/h5-8,11,13,17H,3-4,9-10H2,1-2H3. The Morgan fingerprint density at radius 1 is 1.29 bits per heavy atom. The number of likely N-dealkylation sites (N-methyl/N-ethyl adjacent to an activating group) is 1. The molecule has 1 saturated heterocycles. The van der Waals surface area contributed by atoms with E-state index in [-0.39, 0.29) is 0 Å². The highest BCUT2D eigenvalue weighted by Crippen LogP contribution is 2.50. The Bertz CT molecular complexity index is 413. The molecule has 1 N–H and O–H groups in total. The van der Waals surface area contributed by atoms with Gasteiger partial charge in [-0.3, -0.25) is 4.90 Å². The van der Waals surface area contributed by atoms with Crippen molar-refractivity contribution >= 4 is 0 Å². The van der Waals surface area contributed by atoms with Crippen molar-refractivity contribution in [3.8, 4) is 5.75 Å². The second kappa shape index (κ2) is 3.74. The van der Waals surface area contributed by atoms with E-state index in [0.29, 0.717) is 17.2 Å². The fraction of sp³-hybridized carbons (Fsp3) is 0.600. The summed E-state index contributed by atoms with van der Waals surface area (Å²) in [7, 11) is 2.27. The summed E-state index contributed by atoms with van der Waals surface area (Å²) in [5.74, 6) is 0.372. The first-order valence-corrected chi connectivity index (χ1v) is 6.65. The molecule has 2 nitrogen and oxygen atoms in total. The van der Waals surface area contributed by atoms with Gasteiger partial charge < -0.3 is 5.11 Å². The molecule has 3 unspecified atom stereocenters. The van der Waals surface area contributed by atoms with Crippen LogP contribution in [0, 0.1) is 0 Å². The fourth-order valence-electron chi connectivity index (χ4n) is 4.01. The summed E-state index contributed by atoms with van der Waals surface area (Å²) in [6, 6.07) is 9.27. The zero-order valence-electron chi connectivity index (χ0n) is 10.7. The minimum atomic E-state index is 0.325. The quantitative estimate of drug-likeness (QED) is 0.803. The highest BCUT2D eigenvalue weighted by Gasteiger charge is 2.51. The van der Waals surface area contributed by atoms with E-state index in [1.54, 1.807) is 0 Å². The summed E-state index contributed by atoms with van der Waals surface area (Å²) in [4.78, 5) is 2.56. The van der Waals surface area contributed by atoms with Crippen LogP contribution in [0.2, 0.25) is 0 Å². The third-order valence-electron chi connectivity index (χ3n) is 5.19. The maximum Gasteiger partial charge on any atom is 0.115 e. The number of rotatable bonds is 1. The highest BCUT2D eigenvalue weighted by molar-refractivity contribution is 5.35. The number of phenolic OH excluding ortho intramolecular Hbond substituents is 1. The van der Waals surface area contributed by atoms with E-state index in [9.17, 15) is 5.11 Å². The van der Waals surface area contributed by atoms with Gasteiger partial charge in [-0.15, -0.1) is 0 Å². The molecule has 2 fully saturated rings. The molecule has 0 radical (unpaired) electrons. The number of nitrogens with zero attached hydrogens (tertiary/aromatic N) is 1. The van der Waals surface area contributed by atoms with Gasteiger partial charge in [0.2, 0.25) is 0 Å². The van der Waals surface area contributed by atoms with Crippen LogP contribution < -0.4 is 0 Å². The number of hydrogen-bond donors (Lipinski definition) is 1. The van der Waals surface area contributed by atoms with Gasteiger partial charge in [0, 0.05) is 17.5 Å². The van der Waals surface area contributed by atoms with Crippen LogP contribution in [0.5, 0.6) is 5.75 Å². The fourth-order valence-corrected chi connectivity index (χ4v) is 4.01. The molecule has 2 aliphatic rings. The molecule has 1 heterocycles. The van der Waals surface area contributed by atoms with Gasteiger partial charge in [-0.1, -0.05) is 18.6 Å². The van der Waals surface area contributed by atoms with Gasteiger partial charge in [-0.2, -0.15) is 0 Å². The number of benzene rings is 1. The Balaban J connectivity index is 2.02. The monoisotopic (exact) mass is 231 g/mol. The normalized spacial score (nSPS) is 37.3. The van der Waals surface area contributed by atoms with Crippen molar-refractivity contribution in [2.75, 3.05) is 7.05 Å². The van der Waals surface area contributed by atoms with Gasteiger partial charge >= 0.3 is 0 Å². The van der Waals surface area contributed by atoms with Crippen molar-refractivity contribution < 1.29 is 5.11 Å². The van der Waals surface area contributed by atoms with Gasteiger partial charge in [-0.25, -0.2) is 0 Å². The van der Waals surface area contributed by atoms with Crippen LogP contribution in [0.1, 0.15) is 38.2 Å². The van der Waals surface area contributed by atoms with Crippen LogP contribution in [0.4, 0.5) is 0 Å². The first-order chi connectivity index (χ1) is 8.13. The molecule has 92 valence electrons. The highest BCUT2D eigenvalue weighted by atomic mass is 16.3. The van der Waals surface area contributed by atoms with E-state index < -0.39 is 0 Å². The minimum absolute atomic E-state index is 0.325. The van der Waals surface area contributed by atoms with E-state index in [2.05, 4.69) is 31.0 Å². The lowest BCUT2D eigenvalue weighted by molar-refractivity contribution is 0.239. The first kappa shape index (κ1) is 11.1. The first-order valence-electron chi connectivity index (χ1n) is 6.65. The van der Waals surface area contributed by atoms with Crippen LogP contribution in [-0.4, -0.2) is 29.1 Å². The molecule has 3 atom stereocenters. The third kappa shape index (κ3) is 1.50. The number of aromatic hydroxyl groups is 1. The van der Waals surface area contributed by atoms with Gasteiger partial charge in [0.1, 0.15) is 5.75 Å².